The summed E-state index contributed by atoms with van der Waals surface area (Å²) in [5, 5.41) is 8.80. The van der Waals surface area contributed by atoms with Gasteiger partial charge in [-0.1, -0.05) is 33.6 Å². The Morgan fingerprint density at radius 2 is 1.48 bits per heavy atom. The van der Waals surface area contributed by atoms with E-state index in [-0.39, 0.29) is 12.0 Å². The Hall–Kier alpha value is -0.690. The Kier molecular flexibility index (Phi) is 7.59. The fourth-order valence-electron chi connectivity index (χ4n) is 3.22. The van der Waals surface area contributed by atoms with Crippen LogP contribution in [0.2, 0.25) is 0 Å². The fourth-order valence-corrected chi connectivity index (χ4v) is 3.22. The first kappa shape index (κ1) is 18.4. The van der Waals surface area contributed by atoms with Gasteiger partial charge in [0.25, 0.3) is 0 Å². The minimum absolute atomic E-state index is 0.0315. The first-order valence-electron chi connectivity index (χ1n) is 8.46. The number of hydrogen-bond donors (Lipinski definition) is 0. The molecule has 2 fully saturated rings. The molecule has 0 heterocycles. The van der Waals surface area contributed by atoms with Crippen molar-refractivity contribution in [2.24, 2.45) is 17.8 Å². The van der Waals surface area contributed by atoms with Crippen LogP contribution in [0.25, 0.3) is 0 Å². The van der Waals surface area contributed by atoms with Crippen molar-refractivity contribution >= 4 is 0 Å². The SMILES string of the molecule is CC.CC1CCC(C(F)(F)OC2CCC(C#N)CC2)CC1. The first-order valence-corrected chi connectivity index (χ1v) is 8.46. The minimum atomic E-state index is -2.98. The number of nitriles is 1. The Morgan fingerprint density at radius 3 is 1.95 bits per heavy atom. The van der Waals surface area contributed by atoms with E-state index < -0.39 is 12.0 Å². The summed E-state index contributed by atoms with van der Waals surface area (Å²) < 4.78 is 33.3. The van der Waals surface area contributed by atoms with Gasteiger partial charge in [0.15, 0.2) is 0 Å². The van der Waals surface area contributed by atoms with Crippen molar-refractivity contribution < 1.29 is 13.5 Å². The Morgan fingerprint density at radius 1 is 0.952 bits per heavy atom. The molecule has 0 bridgehead atoms. The molecule has 0 unspecified atom stereocenters. The van der Waals surface area contributed by atoms with Crippen LogP contribution in [0.4, 0.5) is 8.78 Å². The molecule has 0 aromatic carbocycles. The minimum Gasteiger partial charge on any atom is -0.317 e. The molecular formula is C17H29F2NO. The average Bonchev–Trinajstić information content (AvgIpc) is 2.50. The van der Waals surface area contributed by atoms with E-state index in [1.165, 1.54) is 0 Å². The van der Waals surface area contributed by atoms with Gasteiger partial charge in [-0.25, -0.2) is 0 Å². The van der Waals surface area contributed by atoms with Crippen molar-refractivity contribution in [2.75, 3.05) is 0 Å². The van der Waals surface area contributed by atoms with Crippen molar-refractivity contribution in [3.05, 3.63) is 0 Å². The molecule has 0 aliphatic heterocycles. The summed E-state index contributed by atoms with van der Waals surface area (Å²) in [6.07, 6.45) is 2.13. The number of halogens is 2. The molecule has 0 radical (unpaired) electrons. The van der Waals surface area contributed by atoms with Crippen LogP contribution in [0.5, 0.6) is 0 Å². The van der Waals surface area contributed by atoms with Gasteiger partial charge in [0, 0.05) is 5.92 Å². The lowest BCUT2D eigenvalue weighted by molar-refractivity contribution is -0.301. The lowest BCUT2D eigenvalue weighted by Gasteiger charge is -2.35. The fraction of sp³-hybridized carbons (Fsp3) is 0.941. The van der Waals surface area contributed by atoms with Crippen LogP contribution in [-0.2, 0) is 4.74 Å². The molecule has 0 saturated heterocycles. The largest absolute Gasteiger partial charge is 0.358 e. The van der Waals surface area contributed by atoms with Crippen LogP contribution in [0.15, 0.2) is 0 Å². The highest BCUT2D eigenvalue weighted by Crippen LogP contribution is 2.41. The van der Waals surface area contributed by atoms with Gasteiger partial charge in [0.2, 0.25) is 0 Å². The summed E-state index contributed by atoms with van der Waals surface area (Å²) in [5.74, 6) is -0.0143. The van der Waals surface area contributed by atoms with E-state index in [1.54, 1.807) is 0 Å². The lowest BCUT2D eigenvalue weighted by Crippen LogP contribution is -2.38. The maximum Gasteiger partial charge on any atom is 0.358 e. The molecule has 4 heteroatoms. The quantitative estimate of drug-likeness (QED) is 0.686. The highest BCUT2D eigenvalue weighted by molar-refractivity contribution is 4.88. The Bertz CT molecular complexity index is 324. The Balaban J connectivity index is 0.00000106. The molecule has 21 heavy (non-hydrogen) atoms. The topological polar surface area (TPSA) is 33.0 Å². The van der Waals surface area contributed by atoms with Gasteiger partial charge >= 0.3 is 6.11 Å². The number of alkyl halides is 2. The standard InChI is InChI=1S/C15H23F2NO.C2H6/c1-11-2-6-13(7-3-11)15(16,17)19-14-8-4-12(10-18)5-9-14;1-2/h11-14H,2-9H2,1H3;1-2H3. The molecule has 0 spiro atoms. The van der Waals surface area contributed by atoms with Crippen molar-refractivity contribution in [1.82, 2.24) is 0 Å². The van der Waals surface area contributed by atoms with Crippen LogP contribution in [-0.4, -0.2) is 12.2 Å². The highest BCUT2D eigenvalue weighted by atomic mass is 19.3. The number of ether oxygens (including phenoxy) is 1. The molecule has 0 aromatic rings. The van der Waals surface area contributed by atoms with E-state index in [2.05, 4.69) is 13.0 Å². The maximum absolute atomic E-state index is 14.1. The predicted octanol–water partition coefficient (Wildman–Crippen LogP) is 5.53. The summed E-state index contributed by atoms with van der Waals surface area (Å²) in [6, 6.07) is 2.21. The van der Waals surface area contributed by atoms with Gasteiger partial charge in [0.05, 0.1) is 18.1 Å². The van der Waals surface area contributed by atoms with E-state index in [9.17, 15) is 8.78 Å². The molecule has 0 aromatic heterocycles. The molecule has 122 valence electrons. The predicted molar refractivity (Wildman–Crippen MR) is 79.9 cm³/mol. The second kappa shape index (κ2) is 8.68. The molecule has 0 atom stereocenters. The first-order chi connectivity index (χ1) is 10.0. The van der Waals surface area contributed by atoms with E-state index in [4.69, 9.17) is 10.00 Å². The molecule has 2 saturated carbocycles. The van der Waals surface area contributed by atoms with Crippen molar-refractivity contribution in [1.29, 1.82) is 5.26 Å². The molecule has 0 amide bonds. The summed E-state index contributed by atoms with van der Waals surface area (Å²) in [6.45, 7) is 6.12. The van der Waals surface area contributed by atoms with Crippen LogP contribution >= 0.6 is 0 Å². The van der Waals surface area contributed by atoms with Crippen molar-refractivity contribution in [3.8, 4) is 6.07 Å². The van der Waals surface area contributed by atoms with Gasteiger partial charge in [-0.3, -0.25) is 0 Å². The second-order valence-electron chi connectivity index (χ2n) is 6.24. The maximum atomic E-state index is 14.1. The Labute approximate surface area is 127 Å². The van der Waals surface area contributed by atoms with Crippen LogP contribution in [0.1, 0.15) is 72.1 Å². The molecule has 2 aliphatic rings. The number of nitrogens with zero attached hydrogens (tertiary/aromatic N) is 1. The van der Waals surface area contributed by atoms with Crippen LogP contribution in [0.3, 0.4) is 0 Å². The summed E-state index contributed by atoms with van der Waals surface area (Å²) in [5.41, 5.74) is 0. The van der Waals surface area contributed by atoms with Gasteiger partial charge in [0.1, 0.15) is 0 Å². The van der Waals surface area contributed by atoms with Crippen LogP contribution < -0.4 is 0 Å². The van der Waals surface area contributed by atoms with Gasteiger partial charge < -0.3 is 4.74 Å². The van der Waals surface area contributed by atoms with E-state index in [1.807, 2.05) is 13.8 Å². The second-order valence-corrected chi connectivity index (χ2v) is 6.24. The lowest BCUT2D eigenvalue weighted by atomic mass is 9.82. The number of rotatable bonds is 3. The monoisotopic (exact) mass is 301 g/mol. The third-order valence-corrected chi connectivity index (χ3v) is 4.67. The average molecular weight is 301 g/mol. The highest BCUT2D eigenvalue weighted by Gasteiger charge is 2.44. The zero-order valence-corrected chi connectivity index (χ0v) is 13.6. The zero-order chi connectivity index (χ0) is 15.9. The van der Waals surface area contributed by atoms with Gasteiger partial charge in [-0.05, 0) is 44.4 Å². The van der Waals surface area contributed by atoms with Gasteiger partial charge in [-0.2, -0.15) is 14.0 Å². The molecular weight excluding hydrogens is 272 g/mol. The van der Waals surface area contributed by atoms with Crippen molar-refractivity contribution in [2.45, 2.75) is 84.4 Å². The van der Waals surface area contributed by atoms with Gasteiger partial charge in [-0.15, -0.1) is 0 Å². The van der Waals surface area contributed by atoms with Crippen LogP contribution in [0, 0.1) is 29.1 Å². The molecule has 0 N–H and O–H groups in total. The summed E-state index contributed by atoms with van der Waals surface area (Å²) >= 11 is 0. The van der Waals surface area contributed by atoms with Crippen molar-refractivity contribution in [3.63, 3.8) is 0 Å². The summed E-state index contributed by atoms with van der Waals surface area (Å²) in [4.78, 5) is 0. The molecule has 2 rings (SSSR count). The van der Waals surface area contributed by atoms with E-state index >= 15 is 0 Å². The summed E-state index contributed by atoms with van der Waals surface area (Å²) in [7, 11) is 0. The number of hydrogen-bond acceptors (Lipinski definition) is 2. The zero-order valence-electron chi connectivity index (χ0n) is 13.6. The molecule has 2 aliphatic carbocycles. The van der Waals surface area contributed by atoms with E-state index in [0.29, 0.717) is 44.4 Å². The third kappa shape index (κ3) is 5.54. The smallest absolute Gasteiger partial charge is 0.317 e. The third-order valence-electron chi connectivity index (χ3n) is 4.67. The van der Waals surface area contributed by atoms with E-state index in [0.717, 1.165) is 12.8 Å². The molecule has 2 nitrogen and oxygen atoms in total. The normalized spacial score (nSPS) is 33.5.